The predicted molar refractivity (Wildman–Crippen MR) is 53.8 cm³/mol. The van der Waals surface area contributed by atoms with Crippen molar-refractivity contribution in [2.75, 3.05) is 0 Å². The van der Waals surface area contributed by atoms with Gasteiger partial charge in [-0.2, -0.15) is 0 Å². The van der Waals surface area contributed by atoms with Gasteiger partial charge in [-0.15, -0.1) is 11.8 Å². The minimum atomic E-state index is 0.485. The van der Waals surface area contributed by atoms with Gasteiger partial charge in [-0.05, 0) is 30.6 Å². The van der Waals surface area contributed by atoms with E-state index < -0.39 is 0 Å². The third-order valence-electron chi connectivity index (χ3n) is 2.82. The molecule has 0 aromatic carbocycles. The Balaban J connectivity index is 2.51. The summed E-state index contributed by atoms with van der Waals surface area (Å²) < 4.78 is 0. The second-order valence-electron chi connectivity index (χ2n) is 4.85. The van der Waals surface area contributed by atoms with Crippen LogP contribution in [-0.4, -0.2) is 0 Å². The van der Waals surface area contributed by atoms with Gasteiger partial charge in [0.1, 0.15) is 0 Å². The Hall–Kier alpha value is -0.440. The quantitative estimate of drug-likeness (QED) is 0.480. The summed E-state index contributed by atoms with van der Waals surface area (Å²) in [6.45, 7) is 7.06. The smallest absolute Gasteiger partial charge is 0.00915 e. The van der Waals surface area contributed by atoms with E-state index in [-0.39, 0.29) is 0 Å². The Bertz CT molecular complexity index is 184. The highest BCUT2D eigenvalue weighted by Crippen LogP contribution is 2.34. The molecule has 1 atom stereocenters. The first kappa shape index (κ1) is 9.65. The Kier molecular flexibility index (Phi) is 3.20. The Morgan fingerprint density at radius 3 is 2.33 bits per heavy atom. The molecule has 0 saturated carbocycles. The molecule has 0 nitrogen and oxygen atoms in total. The molecule has 0 amide bonds. The van der Waals surface area contributed by atoms with Crippen molar-refractivity contribution in [2.45, 2.75) is 52.9 Å². The average molecular weight is 164 g/mol. The van der Waals surface area contributed by atoms with Crippen LogP contribution >= 0.6 is 0 Å². The van der Waals surface area contributed by atoms with Crippen LogP contribution in [-0.2, 0) is 0 Å². The molecule has 12 heavy (non-hydrogen) atoms. The third-order valence-corrected chi connectivity index (χ3v) is 2.82. The van der Waals surface area contributed by atoms with Gasteiger partial charge in [-0.3, -0.25) is 0 Å². The zero-order valence-electron chi connectivity index (χ0n) is 8.61. The van der Waals surface area contributed by atoms with Crippen molar-refractivity contribution in [1.29, 1.82) is 0 Å². The highest BCUT2D eigenvalue weighted by molar-refractivity contribution is 5.00. The topological polar surface area (TPSA) is 0 Å². The van der Waals surface area contributed by atoms with Crippen molar-refractivity contribution in [2.24, 2.45) is 11.3 Å². The molecule has 0 aliphatic heterocycles. The second kappa shape index (κ2) is 3.99. The van der Waals surface area contributed by atoms with Crippen molar-refractivity contribution < 1.29 is 0 Å². The van der Waals surface area contributed by atoms with Gasteiger partial charge in [0, 0.05) is 12.8 Å². The zero-order valence-corrected chi connectivity index (χ0v) is 8.61. The Morgan fingerprint density at radius 2 is 1.67 bits per heavy atom. The van der Waals surface area contributed by atoms with Crippen LogP contribution in [0.1, 0.15) is 52.9 Å². The fraction of sp³-hybridized carbons (Fsp3) is 0.833. The first-order chi connectivity index (χ1) is 5.61. The molecular formula is C12H20. The van der Waals surface area contributed by atoms with Crippen LogP contribution in [0.25, 0.3) is 0 Å². The largest absolute Gasteiger partial charge is 0.103 e. The highest BCUT2D eigenvalue weighted by Gasteiger charge is 2.23. The molecule has 0 saturated heterocycles. The fourth-order valence-corrected chi connectivity index (χ4v) is 1.87. The molecule has 0 aromatic rings. The average Bonchev–Trinajstić information content (AvgIpc) is 1.81. The number of hydrogen-bond acceptors (Lipinski definition) is 0. The van der Waals surface area contributed by atoms with Gasteiger partial charge in [0.15, 0.2) is 0 Å². The lowest BCUT2D eigenvalue weighted by Crippen LogP contribution is -2.20. The summed E-state index contributed by atoms with van der Waals surface area (Å²) in [6, 6.07) is 0. The monoisotopic (exact) mass is 164 g/mol. The van der Waals surface area contributed by atoms with Crippen molar-refractivity contribution in [3.05, 3.63) is 0 Å². The van der Waals surface area contributed by atoms with Crippen LogP contribution in [0.2, 0.25) is 0 Å². The number of hydrogen-bond donors (Lipinski definition) is 0. The van der Waals surface area contributed by atoms with E-state index in [9.17, 15) is 0 Å². The lowest BCUT2D eigenvalue weighted by molar-refractivity contribution is 0.210. The van der Waals surface area contributed by atoms with Crippen LogP contribution < -0.4 is 0 Å². The maximum Gasteiger partial charge on any atom is 0.00915 e. The van der Waals surface area contributed by atoms with Gasteiger partial charge in [0.2, 0.25) is 0 Å². The van der Waals surface area contributed by atoms with Crippen molar-refractivity contribution in [3.63, 3.8) is 0 Å². The molecule has 0 heterocycles. The van der Waals surface area contributed by atoms with Crippen molar-refractivity contribution >= 4 is 0 Å². The van der Waals surface area contributed by atoms with Crippen molar-refractivity contribution in [3.8, 4) is 11.8 Å². The zero-order chi connectivity index (χ0) is 9.03. The highest BCUT2D eigenvalue weighted by atomic mass is 14.3. The van der Waals surface area contributed by atoms with E-state index in [1.54, 1.807) is 0 Å². The van der Waals surface area contributed by atoms with Crippen LogP contribution in [0.3, 0.4) is 0 Å². The molecule has 0 aromatic heterocycles. The molecule has 68 valence electrons. The summed E-state index contributed by atoms with van der Waals surface area (Å²) >= 11 is 0. The summed E-state index contributed by atoms with van der Waals surface area (Å²) in [5, 5.41) is 0. The number of rotatable bonds is 0. The van der Waals surface area contributed by atoms with Gasteiger partial charge < -0.3 is 0 Å². The first-order valence-electron chi connectivity index (χ1n) is 5.06. The Morgan fingerprint density at radius 1 is 1.00 bits per heavy atom. The SMILES string of the molecule is CC(C)(C)C1CCC#CCCC1. The fourth-order valence-electron chi connectivity index (χ4n) is 1.87. The van der Waals surface area contributed by atoms with E-state index in [0.717, 1.165) is 18.8 Å². The maximum absolute atomic E-state index is 3.24. The summed E-state index contributed by atoms with van der Waals surface area (Å²) in [5.74, 6) is 7.33. The molecule has 0 fully saturated rings. The van der Waals surface area contributed by atoms with E-state index in [1.165, 1.54) is 19.3 Å². The molecular weight excluding hydrogens is 144 g/mol. The minimum Gasteiger partial charge on any atom is -0.103 e. The first-order valence-corrected chi connectivity index (χ1v) is 5.06. The van der Waals surface area contributed by atoms with Crippen LogP contribution in [0.15, 0.2) is 0 Å². The molecule has 1 aliphatic rings. The summed E-state index contributed by atoms with van der Waals surface area (Å²) in [6.07, 6.45) is 6.21. The normalized spacial score (nSPS) is 25.1. The molecule has 0 bridgehead atoms. The summed E-state index contributed by atoms with van der Waals surface area (Å²) in [4.78, 5) is 0. The predicted octanol–water partition coefficient (Wildman–Crippen LogP) is 3.62. The van der Waals surface area contributed by atoms with E-state index in [4.69, 9.17) is 0 Å². The maximum atomic E-state index is 3.24. The van der Waals surface area contributed by atoms with Gasteiger partial charge in [0.05, 0.1) is 0 Å². The molecule has 1 unspecified atom stereocenters. The van der Waals surface area contributed by atoms with Gasteiger partial charge in [-0.1, -0.05) is 20.8 Å². The van der Waals surface area contributed by atoms with E-state index in [0.29, 0.717) is 5.41 Å². The van der Waals surface area contributed by atoms with Gasteiger partial charge in [-0.25, -0.2) is 0 Å². The summed E-state index contributed by atoms with van der Waals surface area (Å²) in [7, 11) is 0. The van der Waals surface area contributed by atoms with Crippen LogP contribution in [0.4, 0.5) is 0 Å². The van der Waals surface area contributed by atoms with E-state index >= 15 is 0 Å². The Labute approximate surface area is 76.7 Å². The van der Waals surface area contributed by atoms with Crippen LogP contribution in [0.5, 0.6) is 0 Å². The molecule has 0 radical (unpaired) electrons. The minimum absolute atomic E-state index is 0.485. The van der Waals surface area contributed by atoms with E-state index in [2.05, 4.69) is 32.6 Å². The molecule has 0 heteroatoms. The van der Waals surface area contributed by atoms with Crippen LogP contribution in [0, 0.1) is 23.2 Å². The van der Waals surface area contributed by atoms with Gasteiger partial charge in [0.25, 0.3) is 0 Å². The lowest BCUT2D eigenvalue weighted by Gasteiger charge is -2.30. The third kappa shape index (κ3) is 2.89. The molecule has 1 aliphatic carbocycles. The lowest BCUT2D eigenvalue weighted by atomic mass is 9.75. The summed E-state index contributed by atoms with van der Waals surface area (Å²) in [5.41, 5.74) is 0.485. The van der Waals surface area contributed by atoms with Crippen molar-refractivity contribution in [1.82, 2.24) is 0 Å². The molecule has 0 N–H and O–H groups in total. The second-order valence-corrected chi connectivity index (χ2v) is 4.85. The van der Waals surface area contributed by atoms with Gasteiger partial charge >= 0.3 is 0 Å². The van der Waals surface area contributed by atoms with E-state index in [1.807, 2.05) is 0 Å². The standard InChI is InChI=1S/C12H20/c1-12(2,3)11-9-7-5-4-6-8-10-11/h11H,5,7-10H2,1-3H3. The molecule has 1 rings (SSSR count). The molecule has 0 spiro atoms.